The number of carboxylic acid groups (broad SMARTS) is 1. The van der Waals surface area contributed by atoms with E-state index < -0.39 is 12.2 Å². The van der Waals surface area contributed by atoms with E-state index in [0.29, 0.717) is 5.56 Å². The van der Waals surface area contributed by atoms with Gasteiger partial charge in [-0.2, -0.15) is 0 Å². The number of amides is 1. The maximum atomic E-state index is 10.1. The molecule has 0 unspecified atom stereocenters. The van der Waals surface area contributed by atoms with Crippen LogP contribution in [0.15, 0.2) is 24.5 Å². The van der Waals surface area contributed by atoms with Gasteiger partial charge in [0, 0.05) is 18.0 Å². The smallest absolute Gasteiger partial charge is 0.404 e. The standard InChI is InChI=1S/C8H10N2O3/c11-7(5-10-8(12)13)6-2-1-3-9-4-6/h1-4,7,10-11H,5H2,(H,12,13)/t7-/m0/s1. The molecule has 5 nitrogen and oxygen atoms in total. The molecule has 0 aliphatic rings. The van der Waals surface area contributed by atoms with Crippen molar-refractivity contribution in [1.29, 1.82) is 0 Å². The molecule has 0 aliphatic carbocycles. The van der Waals surface area contributed by atoms with Gasteiger partial charge in [0.2, 0.25) is 0 Å². The van der Waals surface area contributed by atoms with Gasteiger partial charge >= 0.3 is 6.09 Å². The zero-order chi connectivity index (χ0) is 9.68. The summed E-state index contributed by atoms with van der Waals surface area (Å²) in [7, 11) is 0. The first-order valence-corrected chi connectivity index (χ1v) is 3.75. The molecule has 1 atom stereocenters. The molecular weight excluding hydrogens is 172 g/mol. The van der Waals surface area contributed by atoms with Gasteiger partial charge in [-0.05, 0) is 6.07 Å². The maximum Gasteiger partial charge on any atom is 0.404 e. The number of nitrogens with one attached hydrogen (secondary N) is 1. The Bertz CT molecular complexity index is 276. The van der Waals surface area contributed by atoms with Crippen LogP contribution >= 0.6 is 0 Å². The second-order valence-electron chi connectivity index (χ2n) is 2.49. The van der Waals surface area contributed by atoms with E-state index in [1.807, 2.05) is 0 Å². The van der Waals surface area contributed by atoms with E-state index >= 15 is 0 Å². The highest BCUT2D eigenvalue weighted by atomic mass is 16.4. The zero-order valence-electron chi connectivity index (χ0n) is 6.84. The predicted molar refractivity (Wildman–Crippen MR) is 45.2 cm³/mol. The van der Waals surface area contributed by atoms with E-state index in [9.17, 15) is 9.90 Å². The molecule has 1 rings (SSSR count). The number of hydrogen-bond acceptors (Lipinski definition) is 3. The summed E-state index contributed by atoms with van der Waals surface area (Å²) in [5.41, 5.74) is 0.594. The normalized spacial score (nSPS) is 12.1. The summed E-state index contributed by atoms with van der Waals surface area (Å²) < 4.78 is 0. The van der Waals surface area contributed by atoms with Crippen LogP contribution in [0.5, 0.6) is 0 Å². The second-order valence-corrected chi connectivity index (χ2v) is 2.49. The van der Waals surface area contributed by atoms with Crippen LogP contribution in [-0.2, 0) is 0 Å². The van der Waals surface area contributed by atoms with Crippen LogP contribution in [0, 0.1) is 0 Å². The Morgan fingerprint density at radius 2 is 2.46 bits per heavy atom. The molecule has 5 heteroatoms. The number of aliphatic hydroxyl groups excluding tert-OH is 1. The van der Waals surface area contributed by atoms with Crippen molar-refractivity contribution < 1.29 is 15.0 Å². The summed E-state index contributed by atoms with van der Waals surface area (Å²) in [5.74, 6) is 0. The fourth-order valence-corrected chi connectivity index (χ4v) is 0.875. The molecule has 0 fully saturated rings. The molecule has 1 aromatic heterocycles. The van der Waals surface area contributed by atoms with Crippen molar-refractivity contribution in [2.45, 2.75) is 6.10 Å². The van der Waals surface area contributed by atoms with Gasteiger partial charge < -0.3 is 15.5 Å². The molecule has 0 spiro atoms. The largest absolute Gasteiger partial charge is 0.465 e. The van der Waals surface area contributed by atoms with Crippen molar-refractivity contribution in [3.8, 4) is 0 Å². The van der Waals surface area contributed by atoms with Crippen LogP contribution in [0.2, 0.25) is 0 Å². The number of aliphatic hydroxyl groups is 1. The summed E-state index contributed by atoms with van der Waals surface area (Å²) in [6, 6.07) is 3.36. The Hall–Kier alpha value is -1.62. The molecule has 1 amide bonds. The van der Waals surface area contributed by atoms with E-state index in [-0.39, 0.29) is 6.54 Å². The summed E-state index contributed by atoms with van der Waals surface area (Å²) in [4.78, 5) is 13.9. The van der Waals surface area contributed by atoms with Gasteiger partial charge in [-0.15, -0.1) is 0 Å². The molecule has 1 heterocycles. The second kappa shape index (κ2) is 4.42. The quantitative estimate of drug-likeness (QED) is 0.631. The van der Waals surface area contributed by atoms with Gasteiger partial charge in [0.25, 0.3) is 0 Å². The molecule has 0 aromatic carbocycles. The highest BCUT2D eigenvalue weighted by Gasteiger charge is 2.07. The summed E-state index contributed by atoms with van der Waals surface area (Å²) in [5, 5.41) is 19.8. The van der Waals surface area contributed by atoms with Crippen molar-refractivity contribution in [1.82, 2.24) is 10.3 Å². The molecule has 1 aromatic rings. The molecule has 3 N–H and O–H groups in total. The number of aromatic nitrogens is 1. The van der Waals surface area contributed by atoms with Crippen LogP contribution in [-0.4, -0.2) is 27.8 Å². The van der Waals surface area contributed by atoms with Crippen LogP contribution in [0.25, 0.3) is 0 Å². The first kappa shape index (κ1) is 9.47. The van der Waals surface area contributed by atoms with Gasteiger partial charge in [0.15, 0.2) is 0 Å². The van der Waals surface area contributed by atoms with Crippen LogP contribution in [0.4, 0.5) is 4.79 Å². The highest BCUT2D eigenvalue weighted by molar-refractivity contribution is 5.64. The fraction of sp³-hybridized carbons (Fsp3) is 0.250. The van der Waals surface area contributed by atoms with Crippen molar-refractivity contribution >= 4 is 6.09 Å². The van der Waals surface area contributed by atoms with Crippen molar-refractivity contribution in [2.24, 2.45) is 0 Å². The lowest BCUT2D eigenvalue weighted by Crippen LogP contribution is -2.26. The Balaban J connectivity index is 2.49. The molecule has 0 saturated carbocycles. The van der Waals surface area contributed by atoms with Crippen LogP contribution in [0.3, 0.4) is 0 Å². The Kier molecular flexibility index (Phi) is 3.22. The first-order chi connectivity index (χ1) is 6.20. The summed E-state index contributed by atoms with van der Waals surface area (Å²) in [6.45, 7) is -0.0268. The monoisotopic (exact) mass is 182 g/mol. The average Bonchev–Trinajstić information content (AvgIpc) is 2.15. The van der Waals surface area contributed by atoms with E-state index in [0.717, 1.165) is 0 Å². The molecular formula is C8H10N2O3. The van der Waals surface area contributed by atoms with E-state index in [1.165, 1.54) is 6.20 Å². The first-order valence-electron chi connectivity index (χ1n) is 3.75. The maximum absolute atomic E-state index is 10.1. The Morgan fingerprint density at radius 3 is 3.00 bits per heavy atom. The molecule has 70 valence electrons. The predicted octanol–water partition coefficient (Wildman–Crippen LogP) is 0.383. The lowest BCUT2D eigenvalue weighted by atomic mass is 10.2. The fourth-order valence-electron chi connectivity index (χ4n) is 0.875. The summed E-state index contributed by atoms with van der Waals surface area (Å²) >= 11 is 0. The number of pyridine rings is 1. The third-order valence-electron chi connectivity index (χ3n) is 1.52. The minimum absolute atomic E-state index is 0.0268. The topological polar surface area (TPSA) is 82.5 Å². The lowest BCUT2D eigenvalue weighted by Gasteiger charge is -2.09. The van der Waals surface area contributed by atoms with E-state index in [2.05, 4.69) is 10.3 Å². The Morgan fingerprint density at radius 1 is 1.69 bits per heavy atom. The van der Waals surface area contributed by atoms with Crippen LogP contribution in [0.1, 0.15) is 11.7 Å². The van der Waals surface area contributed by atoms with E-state index in [1.54, 1.807) is 18.3 Å². The van der Waals surface area contributed by atoms with Crippen molar-refractivity contribution in [2.75, 3.05) is 6.54 Å². The Labute approximate surface area is 75.0 Å². The summed E-state index contributed by atoms with van der Waals surface area (Å²) in [6.07, 6.45) is 1.09. The number of hydrogen-bond donors (Lipinski definition) is 3. The zero-order valence-corrected chi connectivity index (χ0v) is 6.84. The number of nitrogens with zero attached hydrogens (tertiary/aromatic N) is 1. The van der Waals surface area contributed by atoms with Gasteiger partial charge in [-0.3, -0.25) is 4.98 Å². The minimum Gasteiger partial charge on any atom is -0.465 e. The van der Waals surface area contributed by atoms with Gasteiger partial charge in [0.1, 0.15) is 0 Å². The molecule has 0 radical (unpaired) electrons. The van der Waals surface area contributed by atoms with Crippen molar-refractivity contribution in [3.05, 3.63) is 30.1 Å². The molecule has 13 heavy (non-hydrogen) atoms. The van der Waals surface area contributed by atoms with Gasteiger partial charge in [-0.25, -0.2) is 4.79 Å². The molecule has 0 aliphatic heterocycles. The number of carbonyl (C=O) groups is 1. The van der Waals surface area contributed by atoms with Gasteiger partial charge in [0.05, 0.1) is 12.6 Å². The van der Waals surface area contributed by atoms with Crippen molar-refractivity contribution in [3.63, 3.8) is 0 Å². The van der Waals surface area contributed by atoms with Crippen LogP contribution < -0.4 is 5.32 Å². The van der Waals surface area contributed by atoms with Gasteiger partial charge in [-0.1, -0.05) is 6.07 Å². The van der Waals surface area contributed by atoms with E-state index in [4.69, 9.17) is 5.11 Å². The highest BCUT2D eigenvalue weighted by Crippen LogP contribution is 2.08. The molecule has 0 saturated heterocycles. The third-order valence-corrected chi connectivity index (χ3v) is 1.52. The number of rotatable bonds is 3. The minimum atomic E-state index is -1.15. The third kappa shape index (κ3) is 3.08. The SMILES string of the molecule is O=C(O)NC[C@H](O)c1cccnc1. The lowest BCUT2D eigenvalue weighted by molar-refractivity contribution is 0.158. The average molecular weight is 182 g/mol. The molecule has 0 bridgehead atoms.